The average molecular weight is 173 g/mol. The lowest BCUT2D eigenvalue weighted by Gasteiger charge is -2.09. The van der Waals surface area contributed by atoms with E-state index in [4.69, 9.17) is 6.42 Å². The maximum Gasteiger partial charge on any atom is 0.0337 e. The second-order valence-corrected chi connectivity index (χ2v) is 3.44. The van der Waals surface area contributed by atoms with Crippen LogP contribution in [0, 0.1) is 12.3 Å². The standard InChI is InChI=1S/C12H15N/c1-4-6-11-7-5-8-12(9-11)10-13(2)3/h1,5,7-9H,6,10H2,2-3H3. The minimum atomic E-state index is 0.723. The van der Waals surface area contributed by atoms with E-state index in [9.17, 15) is 0 Å². The zero-order chi connectivity index (χ0) is 9.68. The van der Waals surface area contributed by atoms with Gasteiger partial charge in [-0.1, -0.05) is 24.3 Å². The van der Waals surface area contributed by atoms with E-state index in [2.05, 4.69) is 49.2 Å². The SMILES string of the molecule is C#CCc1cccc(CN(C)C)c1. The molecule has 0 heterocycles. The van der Waals surface area contributed by atoms with Gasteiger partial charge in [0, 0.05) is 13.0 Å². The molecule has 1 heteroatoms. The van der Waals surface area contributed by atoms with Gasteiger partial charge in [-0.15, -0.1) is 12.3 Å². The Hall–Kier alpha value is -1.26. The van der Waals surface area contributed by atoms with Crippen LogP contribution in [0.2, 0.25) is 0 Å². The molecule has 0 aliphatic rings. The summed E-state index contributed by atoms with van der Waals surface area (Å²) >= 11 is 0. The first-order chi connectivity index (χ1) is 6.22. The van der Waals surface area contributed by atoms with Crippen LogP contribution in [0.3, 0.4) is 0 Å². The molecule has 0 amide bonds. The quantitative estimate of drug-likeness (QED) is 0.631. The Bertz CT molecular complexity index is 307. The highest BCUT2D eigenvalue weighted by Crippen LogP contribution is 2.07. The molecule has 0 saturated heterocycles. The molecule has 0 atom stereocenters. The van der Waals surface area contributed by atoms with Crippen molar-refractivity contribution in [2.24, 2.45) is 0 Å². The van der Waals surface area contributed by atoms with E-state index in [0.29, 0.717) is 0 Å². The van der Waals surface area contributed by atoms with Gasteiger partial charge < -0.3 is 4.90 Å². The van der Waals surface area contributed by atoms with Crippen molar-refractivity contribution in [3.05, 3.63) is 35.4 Å². The minimum absolute atomic E-state index is 0.723. The zero-order valence-corrected chi connectivity index (χ0v) is 8.25. The van der Waals surface area contributed by atoms with Crippen molar-refractivity contribution in [1.82, 2.24) is 4.90 Å². The Morgan fingerprint density at radius 3 is 2.62 bits per heavy atom. The Labute approximate surface area is 80.4 Å². The van der Waals surface area contributed by atoms with Crippen LogP contribution in [-0.2, 0) is 13.0 Å². The van der Waals surface area contributed by atoms with E-state index in [1.165, 1.54) is 11.1 Å². The molecule has 0 unspecified atom stereocenters. The lowest BCUT2D eigenvalue weighted by atomic mass is 10.1. The molecule has 68 valence electrons. The van der Waals surface area contributed by atoms with Gasteiger partial charge in [0.1, 0.15) is 0 Å². The summed E-state index contributed by atoms with van der Waals surface area (Å²) < 4.78 is 0. The van der Waals surface area contributed by atoms with Crippen LogP contribution >= 0.6 is 0 Å². The van der Waals surface area contributed by atoms with Crippen LogP contribution in [0.15, 0.2) is 24.3 Å². The van der Waals surface area contributed by atoms with Crippen LogP contribution in [0.4, 0.5) is 0 Å². The van der Waals surface area contributed by atoms with E-state index in [-0.39, 0.29) is 0 Å². The summed E-state index contributed by atoms with van der Waals surface area (Å²) in [4.78, 5) is 2.15. The van der Waals surface area contributed by atoms with E-state index < -0.39 is 0 Å². The van der Waals surface area contributed by atoms with Gasteiger partial charge in [-0.05, 0) is 25.2 Å². The topological polar surface area (TPSA) is 3.24 Å². The first kappa shape index (κ1) is 9.83. The van der Waals surface area contributed by atoms with Crippen LogP contribution in [0.1, 0.15) is 11.1 Å². The largest absolute Gasteiger partial charge is 0.305 e. The zero-order valence-electron chi connectivity index (χ0n) is 8.25. The molecular formula is C12H15N. The summed E-state index contributed by atoms with van der Waals surface area (Å²) in [5, 5.41) is 0. The van der Waals surface area contributed by atoms with Crippen molar-refractivity contribution < 1.29 is 0 Å². The van der Waals surface area contributed by atoms with Crippen molar-refractivity contribution >= 4 is 0 Å². The number of rotatable bonds is 3. The molecule has 1 rings (SSSR count). The van der Waals surface area contributed by atoms with Crippen LogP contribution in [0.5, 0.6) is 0 Å². The average Bonchev–Trinajstić information content (AvgIpc) is 2.04. The molecule has 0 aliphatic carbocycles. The maximum absolute atomic E-state index is 5.25. The summed E-state index contributed by atoms with van der Waals surface area (Å²) in [6.45, 7) is 0.971. The second-order valence-electron chi connectivity index (χ2n) is 3.44. The second kappa shape index (κ2) is 4.69. The van der Waals surface area contributed by atoms with Gasteiger partial charge in [-0.2, -0.15) is 0 Å². The molecular weight excluding hydrogens is 158 g/mol. The first-order valence-corrected chi connectivity index (χ1v) is 4.38. The molecule has 1 nitrogen and oxygen atoms in total. The van der Waals surface area contributed by atoms with Crippen molar-refractivity contribution in [2.75, 3.05) is 14.1 Å². The Morgan fingerprint density at radius 2 is 2.00 bits per heavy atom. The molecule has 1 aromatic rings. The first-order valence-electron chi connectivity index (χ1n) is 4.38. The number of terminal acetylenes is 1. The molecule has 0 fully saturated rings. The Morgan fingerprint density at radius 1 is 1.31 bits per heavy atom. The summed E-state index contributed by atoms with van der Waals surface area (Å²) in [5.41, 5.74) is 2.54. The highest BCUT2D eigenvalue weighted by molar-refractivity contribution is 5.26. The molecule has 0 spiro atoms. The minimum Gasteiger partial charge on any atom is -0.305 e. The summed E-state index contributed by atoms with van der Waals surface area (Å²) in [6, 6.07) is 8.42. The van der Waals surface area contributed by atoms with Crippen molar-refractivity contribution in [1.29, 1.82) is 0 Å². The summed E-state index contributed by atoms with van der Waals surface area (Å²) in [6.07, 6.45) is 5.97. The third-order valence-electron chi connectivity index (χ3n) is 1.80. The van der Waals surface area contributed by atoms with Gasteiger partial charge >= 0.3 is 0 Å². The van der Waals surface area contributed by atoms with Gasteiger partial charge in [0.05, 0.1) is 0 Å². The highest BCUT2D eigenvalue weighted by Gasteiger charge is 1.96. The maximum atomic E-state index is 5.25. The Balaban J connectivity index is 2.74. The summed E-state index contributed by atoms with van der Waals surface area (Å²) in [5.74, 6) is 2.65. The number of hydrogen-bond acceptors (Lipinski definition) is 1. The molecule has 0 bridgehead atoms. The van der Waals surface area contributed by atoms with Gasteiger partial charge in [-0.25, -0.2) is 0 Å². The lowest BCUT2D eigenvalue weighted by Crippen LogP contribution is -2.10. The Kier molecular flexibility index (Phi) is 3.54. The summed E-state index contributed by atoms with van der Waals surface area (Å²) in [7, 11) is 4.13. The van der Waals surface area contributed by atoms with Gasteiger partial charge in [0.15, 0.2) is 0 Å². The van der Waals surface area contributed by atoms with Crippen LogP contribution in [-0.4, -0.2) is 19.0 Å². The normalized spacial score (nSPS) is 10.0. The fraction of sp³-hybridized carbons (Fsp3) is 0.333. The fourth-order valence-corrected chi connectivity index (χ4v) is 1.32. The molecule has 0 radical (unpaired) electrons. The smallest absolute Gasteiger partial charge is 0.0337 e. The third kappa shape index (κ3) is 3.31. The molecule has 0 aliphatic heterocycles. The van der Waals surface area contributed by atoms with Crippen molar-refractivity contribution in [3.63, 3.8) is 0 Å². The molecule has 0 N–H and O–H groups in total. The van der Waals surface area contributed by atoms with Gasteiger partial charge in [0.2, 0.25) is 0 Å². The van der Waals surface area contributed by atoms with E-state index in [1.54, 1.807) is 0 Å². The number of nitrogens with zero attached hydrogens (tertiary/aromatic N) is 1. The predicted molar refractivity (Wildman–Crippen MR) is 56.4 cm³/mol. The monoisotopic (exact) mass is 173 g/mol. The van der Waals surface area contributed by atoms with Gasteiger partial charge in [0.25, 0.3) is 0 Å². The fourth-order valence-electron chi connectivity index (χ4n) is 1.32. The van der Waals surface area contributed by atoms with Crippen molar-refractivity contribution in [2.45, 2.75) is 13.0 Å². The molecule has 1 aromatic carbocycles. The molecule has 0 saturated carbocycles. The number of hydrogen-bond donors (Lipinski definition) is 0. The predicted octanol–water partition coefficient (Wildman–Crippen LogP) is 1.92. The van der Waals surface area contributed by atoms with Crippen LogP contribution in [0.25, 0.3) is 0 Å². The van der Waals surface area contributed by atoms with E-state index in [1.807, 2.05) is 0 Å². The molecule has 0 aromatic heterocycles. The van der Waals surface area contributed by atoms with E-state index in [0.717, 1.165) is 13.0 Å². The van der Waals surface area contributed by atoms with Gasteiger partial charge in [-0.3, -0.25) is 0 Å². The number of benzene rings is 1. The van der Waals surface area contributed by atoms with Crippen LogP contribution < -0.4 is 0 Å². The van der Waals surface area contributed by atoms with E-state index >= 15 is 0 Å². The third-order valence-corrected chi connectivity index (χ3v) is 1.80. The highest BCUT2D eigenvalue weighted by atomic mass is 15.0. The lowest BCUT2D eigenvalue weighted by molar-refractivity contribution is 0.402. The van der Waals surface area contributed by atoms with Crippen molar-refractivity contribution in [3.8, 4) is 12.3 Å². The molecule has 13 heavy (non-hydrogen) atoms.